The molecule has 0 heterocycles. The van der Waals surface area contributed by atoms with E-state index in [-0.39, 0.29) is 35.9 Å². The van der Waals surface area contributed by atoms with Gasteiger partial charge in [0, 0.05) is 18.1 Å². The highest BCUT2D eigenvalue weighted by Crippen LogP contribution is 2.32. The number of nitrogens with one attached hydrogen (secondary N) is 2. The lowest BCUT2D eigenvalue weighted by Crippen LogP contribution is -2.36. The average Bonchev–Trinajstić information content (AvgIpc) is 2.64. The van der Waals surface area contributed by atoms with Gasteiger partial charge in [-0.05, 0) is 48.2 Å². The second-order valence-electron chi connectivity index (χ2n) is 7.74. The molecule has 0 aromatic heterocycles. The van der Waals surface area contributed by atoms with Gasteiger partial charge in [0.15, 0.2) is 6.61 Å². The standard InChI is InChI=1S/C21H27ClN2O4S/c1-15-5-10-19(18(13-15)21(2,3)4)28-14-20(25)23-11-12-24-29(26,27)17-8-6-16(22)7-9-17/h5-10,13,24H,11-12,14H2,1-4H3,(H,23,25). The van der Waals surface area contributed by atoms with Crippen molar-refractivity contribution >= 4 is 27.5 Å². The molecule has 0 aliphatic heterocycles. The van der Waals surface area contributed by atoms with E-state index in [4.69, 9.17) is 16.3 Å². The lowest BCUT2D eigenvalue weighted by atomic mass is 9.85. The molecule has 0 unspecified atom stereocenters. The first-order valence-corrected chi connectivity index (χ1v) is 11.1. The van der Waals surface area contributed by atoms with Crippen LogP contribution in [0.25, 0.3) is 0 Å². The molecule has 0 radical (unpaired) electrons. The van der Waals surface area contributed by atoms with Crippen LogP contribution in [0.4, 0.5) is 0 Å². The van der Waals surface area contributed by atoms with Crippen LogP contribution in [-0.4, -0.2) is 34.0 Å². The Balaban J connectivity index is 1.82. The van der Waals surface area contributed by atoms with Crippen LogP contribution in [0.15, 0.2) is 47.4 Å². The third-order valence-electron chi connectivity index (χ3n) is 4.17. The summed E-state index contributed by atoms with van der Waals surface area (Å²) in [5.74, 6) is 0.345. The van der Waals surface area contributed by atoms with Gasteiger partial charge < -0.3 is 10.1 Å². The van der Waals surface area contributed by atoms with Gasteiger partial charge in [-0.1, -0.05) is 50.1 Å². The van der Waals surface area contributed by atoms with E-state index in [1.165, 1.54) is 24.3 Å². The number of hydrogen-bond donors (Lipinski definition) is 2. The molecule has 6 nitrogen and oxygen atoms in total. The number of amides is 1. The van der Waals surface area contributed by atoms with E-state index in [9.17, 15) is 13.2 Å². The SMILES string of the molecule is Cc1ccc(OCC(=O)NCCNS(=O)(=O)c2ccc(Cl)cc2)c(C(C)(C)C)c1. The third-order valence-corrected chi connectivity index (χ3v) is 5.89. The molecule has 0 saturated heterocycles. The molecule has 0 atom stereocenters. The van der Waals surface area contributed by atoms with Crippen molar-refractivity contribution < 1.29 is 17.9 Å². The van der Waals surface area contributed by atoms with Crippen LogP contribution in [-0.2, 0) is 20.2 Å². The van der Waals surface area contributed by atoms with Crippen molar-refractivity contribution in [3.8, 4) is 5.75 Å². The number of ether oxygens (including phenoxy) is 1. The highest BCUT2D eigenvalue weighted by atomic mass is 35.5. The summed E-state index contributed by atoms with van der Waals surface area (Å²) in [4.78, 5) is 12.2. The predicted octanol–water partition coefficient (Wildman–Crippen LogP) is 3.42. The van der Waals surface area contributed by atoms with Crippen LogP contribution < -0.4 is 14.8 Å². The van der Waals surface area contributed by atoms with Crippen molar-refractivity contribution in [3.05, 3.63) is 58.6 Å². The fourth-order valence-corrected chi connectivity index (χ4v) is 3.79. The first-order chi connectivity index (χ1) is 13.5. The van der Waals surface area contributed by atoms with E-state index < -0.39 is 10.0 Å². The summed E-state index contributed by atoms with van der Waals surface area (Å²) in [6, 6.07) is 11.7. The van der Waals surface area contributed by atoms with E-state index in [0.717, 1.165) is 11.1 Å². The van der Waals surface area contributed by atoms with Crippen LogP contribution in [0.2, 0.25) is 5.02 Å². The van der Waals surface area contributed by atoms with Gasteiger partial charge in [0.25, 0.3) is 5.91 Å². The maximum absolute atomic E-state index is 12.2. The molecular formula is C21H27ClN2O4S. The van der Waals surface area contributed by atoms with Gasteiger partial charge in [-0.3, -0.25) is 4.79 Å². The molecule has 29 heavy (non-hydrogen) atoms. The van der Waals surface area contributed by atoms with Crippen LogP contribution in [0, 0.1) is 6.92 Å². The molecule has 0 aliphatic carbocycles. The van der Waals surface area contributed by atoms with Gasteiger partial charge in [0.05, 0.1) is 4.90 Å². The smallest absolute Gasteiger partial charge is 0.257 e. The van der Waals surface area contributed by atoms with Gasteiger partial charge in [-0.15, -0.1) is 0 Å². The van der Waals surface area contributed by atoms with Crippen LogP contribution in [0.5, 0.6) is 5.75 Å². The predicted molar refractivity (Wildman–Crippen MR) is 115 cm³/mol. The molecule has 1 amide bonds. The number of carbonyl (C=O) groups is 1. The quantitative estimate of drug-likeness (QED) is 0.618. The largest absolute Gasteiger partial charge is 0.483 e. The Hall–Kier alpha value is -2.09. The lowest BCUT2D eigenvalue weighted by Gasteiger charge is -2.23. The Labute approximate surface area is 177 Å². The number of benzene rings is 2. The van der Waals surface area contributed by atoms with Crippen molar-refractivity contribution in [1.82, 2.24) is 10.0 Å². The van der Waals surface area contributed by atoms with Crippen LogP contribution in [0.1, 0.15) is 31.9 Å². The number of rotatable bonds is 8. The zero-order valence-electron chi connectivity index (χ0n) is 17.1. The number of carbonyl (C=O) groups excluding carboxylic acids is 1. The van der Waals surface area contributed by atoms with Crippen LogP contribution in [0.3, 0.4) is 0 Å². The van der Waals surface area contributed by atoms with Gasteiger partial charge in [0.2, 0.25) is 10.0 Å². The number of halogens is 1. The first kappa shape index (κ1) is 23.2. The summed E-state index contributed by atoms with van der Waals surface area (Å²) in [6.07, 6.45) is 0. The lowest BCUT2D eigenvalue weighted by molar-refractivity contribution is -0.123. The summed E-state index contributed by atoms with van der Waals surface area (Å²) < 4.78 is 32.5. The highest BCUT2D eigenvalue weighted by molar-refractivity contribution is 7.89. The zero-order chi connectivity index (χ0) is 21.7. The van der Waals surface area contributed by atoms with E-state index in [0.29, 0.717) is 10.8 Å². The molecule has 0 fully saturated rings. The normalized spacial score (nSPS) is 11.9. The molecule has 0 saturated carbocycles. The van der Waals surface area contributed by atoms with E-state index in [1.807, 2.05) is 19.1 Å². The molecule has 2 N–H and O–H groups in total. The Bertz CT molecular complexity index is 952. The zero-order valence-corrected chi connectivity index (χ0v) is 18.7. The Morgan fingerprint density at radius 2 is 1.72 bits per heavy atom. The minimum Gasteiger partial charge on any atom is -0.483 e. The fraction of sp³-hybridized carbons (Fsp3) is 0.381. The summed E-state index contributed by atoms with van der Waals surface area (Å²) in [5.41, 5.74) is 2.04. The van der Waals surface area contributed by atoms with Gasteiger partial charge >= 0.3 is 0 Å². The average molecular weight is 439 g/mol. The second kappa shape index (κ2) is 9.61. The first-order valence-electron chi connectivity index (χ1n) is 9.25. The molecule has 0 spiro atoms. The van der Waals surface area contributed by atoms with Gasteiger partial charge in [-0.25, -0.2) is 13.1 Å². The minimum absolute atomic E-state index is 0.0640. The summed E-state index contributed by atoms with van der Waals surface area (Å²) in [5, 5.41) is 3.10. The second-order valence-corrected chi connectivity index (χ2v) is 9.94. The van der Waals surface area contributed by atoms with Gasteiger partial charge in [-0.2, -0.15) is 0 Å². The van der Waals surface area contributed by atoms with Crippen molar-refractivity contribution in [2.75, 3.05) is 19.7 Å². The molecule has 2 aromatic rings. The molecule has 0 aliphatic rings. The topological polar surface area (TPSA) is 84.5 Å². The van der Waals surface area contributed by atoms with Crippen molar-refractivity contribution in [1.29, 1.82) is 0 Å². The highest BCUT2D eigenvalue weighted by Gasteiger charge is 2.20. The molecule has 8 heteroatoms. The fourth-order valence-electron chi connectivity index (χ4n) is 2.63. The molecule has 2 aromatic carbocycles. The van der Waals surface area contributed by atoms with Crippen LogP contribution >= 0.6 is 11.6 Å². The monoisotopic (exact) mass is 438 g/mol. The maximum atomic E-state index is 12.2. The number of aryl methyl sites for hydroxylation is 1. The minimum atomic E-state index is -3.65. The molecule has 2 rings (SSSR count). The third kappa shape index (κ3) is 7.03. The maximum Gasteiger partial charge on any atom is 0.257 e. The molecule has 0 bridgehead atoms. The van der Waals surface area contributed by atoms with Gasteiger partial charge in [0.1, 0.15) is 5.75 Å². The molecular weight excluding hydrogens is 412 g/mol. The van der Waals surface area contributed by atoms with E-state index in [2.05, 4.69) is 36.9 Å². The van der Waals surface area contributed by atoms with Crippen molar-refractivity contribution in [2.24, 2.45) is 0 Å². The summed E-state index contributed by atoms with van der Waals surface area (Å²) in [7, 11) is -3.65. The Morgan fingerprint density at radius 1 is 1.07 bits per heavy atom. The Morgan fingerprint density at radius 3 is 2.34 bits per heavy atom. The summed E-state index contributed by atoms with van der Waals surface area (Å²) >= 11 is 5.77. The Kier molecular flexibility index (Phi) is 7.68. The van der Waals surface area contributed by atoms with E-state index >= 15 is 0 Å². The molecule has 158 valence electrons. The summed E-state index contributed by atoms with van der Waals surface area (Å²) in [6.45, 7) is 8.33. The number of hydrogen-bond acceptors (Lipinski definition) is 4. The number of sulfonamides is 1. The van der Waals surface area contributed by atoms with Crippen molar-refractivity contribution in [2.45, 2.75) is 38.0 Å². The van der Waals surface area contributed by atoms with E-state index in [1.54, 1.807) is 0 Å². The van der Waals surface area contributed by atoms with Crippen molar-refractivity contribution in [3.63, 3.8) is 0 Å².